The third kappa shape index (κ3) is 2.55. The van der Waals surface area contributed by atoms with E-state index in [9.17, 15) is 8.42 Å². The van der Waals surface area contributed by atoms with Crippen molar-refractivity contribution >= 4 is 15.4 Å². The molecule has 0 N–H and O–H groups in total. The van der Waals surface area contributed by atoms with E-state index >= 15 is 0 Å². The first-order valence-corrected chi connectivity index (χ1v) is 8.15. The van der Waals surface area contributed by atoms with Crippen LogP contribution in [0.1, 0.15) is 5.56 Å². The van der Waals surface area contributed by atoms with Gasteiger partial charge >= 0.3 is 0 Å². The van der Waals surface area contributed by atoms with E-state index in [1.54, 1.807) is 23.0 Å². The Hall–Kier alpha value is -2.21. The molecule has 0 aliphatic rings. The molecule has 0 fully saturated rings. The zero-order valence-electron chi connectivity index (χ0n) is 10.9. The number of sulfone groups is 1. The summed E-state index contributed by atoms with van der Waals surface area (Å²) in [7, 11) is -3.04. The number of pyridine rings is 2. The van der Waals surface area contributed by atoms with Crippen LogP contribution in [0.4, 0.5) is 0 Å². The lowest BCUT2D eigenvalue weighted by atomic mass is 10.2. The van der Waals surface area contributed by atoms with Gasteiger partial charge in [-0.2, -0.15) is 5.10 Å². The van der Waals surface area contributed by atoms with Gasteiger partial charge in [-0.15, -0.1) is 0 Å². The fraction of sp³-hybridized carbons (Fsp3) is 0.143. The van der Waals surface area contributed by atoms with Crippen LogP contribution in [0.25, 0.3) is 16.9 Å². The Bertz CT molecular complexity index is 852. The van der Waals surface area contributed by atoms with E-state index in [0.717, 1.165) is 16.9 Å². The van der Waals surface area contributed by atoms with Gasteiger partial charge in [0.25, 0.3) is 0 Å². The second-order valence-corrected chi connectivity index (χ2v) is 6.84. The minimum Gasteiger partial charge on any atom is -0.254 e. The molecule has 0 unspecified atom stereocenters. The SMILES string of the molecule is CS(=O)(=O)Cc1ccc(-c2cccc3ccnn23)nc1. The molecule has 0 aliphatic carbocycles. The summed E-state index contributed by atoms with van der Waals surface area (Å²) in [5.74, 6) is 0.00620. The molecule has 20 heavy (non-hydrogen) atoms. The molecule has 5 nitrogen and oxygen atoms in total. The number of nitrogens with zero attached hydrogens (tertiary/aromatic N) is 3. The van der Waals surface area contributed by atoms with Crippen LogP contribution in [-0.4, -0.2) is 29.3 Å². The number of hydrogen-bond acceptors (Lipinski definition) is 4. The quantitative estimate of drug-likeness (QED) is 0.738. The van der Waals surface area contributed by atoms with E-state index in [1.165, 1.54) is 6.26 Å². The monoisotopic (exact) mass is 287 g/mol. The third-order valence-electron chi connectivity index (χ3n) is 2.94. The standard InChI is InChI=1S/C14H13N3O2S/c1-20(18,19)10-11-5-6-13(15-9-11)14-4-2-3-12-7-8-16-17(12)14/h2-9H,10H2,1H3. The average molecular weight is 287 g/mol. The predicted molar refractivity (Wildman–Crippen MR) is 77.0 cm³/mol. The predicted octanol–water partition coefficient (Wildman–Crippen LogP) is 1.94. The Morgan fingerprint density at radius 1 is 1.15 bits per heavy atom. The minimum absolute atomic E-state index is 0.00620. The van der Waals surface area contributed by atoms with Crippen LogP contribution in [-0.2, 0) is 15.6 Å². The van der Waals surface area contributed by atoms with Gasteiger partial charge in [0.1, 0.15) is 0 Å². The summed E-state index contributed by atoms with van der Waals surface area (Å²) in [6.45, 7) is 0. The molecular formula is C14H13N3O2S. The van der Waals surface area contributed by atoms with Gasteiger partial charge in [0, 0.05) is 12.5 Å². The van der Waals surface area contributed by atoms with E-state index in [2.05, 4.69) is 10.1 Å². The van der Waals surface area contributed by atoms with Crippen LogP contribution >= 0.6 is 0 Å². The van der Waals surface area contributed by atoms with Crippen LogP contribution in [0.2, 0.25) is 0 Å². The minimum atomic E-state index is -3.04. The van der Waals surface area contributed by atoms with E-state index in [1.807, 2.05) is 30.3 Å². The lowest BCUT2D eigenvalue weighted by Crippen LogP contribution is -2.01. The molecule has 0 radical (unpaired) electrons. The lowest BCUT2D eigenvalue weighted by molar-refractivity contribution is 0.601. The van der Waals surface area contributed by atoms with Gasteiger partial charge in [0.2, 0.25) is 0 Å². The van der Waals surface area contributed by atoms with Crippen molar-refractivity contribution in [2.75, 3.05) is 6.26 Å². The fourth-order valence-electron chi connectivity index (χ4n) is 2.11. The van der Waals surface area contributed by atoms with Gasteiger partial charge in [-0.3, -0.25) is 4.98 Å². The van der Waals surface area contributed by atoms with Crippen LogP contribution in [0.3, 0.4) is 0 Å². The van der Waals surface area contributed by atoms with Gasteiger partial charge in [-0.25, -0.2) is 12.9 Å². The molecule has 3 aromatic heterocycles. The zero-order valence-corrected chi connectivity index (χ0v) is 11.7. The van der Waals surface area contributed by atoms with Crippen molar-refractivity contribution in [2.24, 2.45) is 0 Å². The van der Waals surface area contributed by atoms with Gasteiger partial charge in [-0.1, -0.05) is 12.1 Å². The molecule has 0 aromatic carbocycles. The van der Waals surface area contributed by atoms with Crippen LogP contribution < -0.4 is 0 Å². The molecule has 0 saturated carbocycles. The van der Waals surface area contributed by atoms with Gasteiger partial charge in [-0.05, 0) is 29.8 Å². The number of aromatic nitrogens is 3. The molecule has 0 aliphatic heterocycles. The summed E-state index contributed by atoms with van der Waals surface area (Å²) in [4.78, 5) is 4.34. The maximum absolute atomic E-state index is 11.3. The van der Waals surface area contributed by atoms with E-state index in [-0.39, 0.29) is 5.75 Å². The summed E-state index contributed by atoms with van der Waals surface area (Å²) < 4.78 is 24.3. The largest absolute Gasteiger partial charge is 0.254 e. The van der Waals surface area contributed by atoms with Crippen LogP contribution in [0, 0.1) is 0 Å². The average Bonchev–Trinajstić information content (AvgIpc) is 2.86. The van der Waals surface area contributed by atoms with Crippen LogP contribution in [0.5, 0.6) is 0 Å². The molecule has 3 rings (SSSR count). The van der Waals surface area contributed by atoms with Gasteiger partial charge < -0.3 is 0 Å². The van der Waals surface area contributed by atoms with Gasteiger partial charge in [0.15, 0.2) is 9.84 Å². The third-order valence-corrected chi connectivity index (χ3v) is 3.80. The second kappa shape index (κ2) is 4.72. The molecule has 0 bridgehead atoms. The Balaban J connectivity index is 2.01. The Morgan fingerprint density at radius 3 is 2.70 bits per heavy atom. The number of rotatable bonds is 3. The molecule has 6 heteroatoms. The highest BCUT2D eigenvalue weighted by Crippen LogP contribution is 2.18. The summed E-state index contributed by atoms with van der Waals surface area (Å²) in [5, 5.41) is 4.26. The topological polar surface area (TPSA) is 64.3 Å². The van der Waals surface area contributed by atoms with E-state index in [0.29, 0.717) is 5.56 Å². The zero-order chi connectivity index (χ0) is 14.2. The molecular weight excluding hydrogens is 274 g/mol. The van der Waals surface area contributed by atoms with Crippen LogP contribution in [0.15, 0.2) is 48.8 Å². The summed E-state index contributed by atoms with van der Waals surface area (Å²) >= 11 is 0. The maximum Gasteiger partial charge on any atom is 0.151 e. The van der Waals surface area contributed by atoms with Crippen molar-refractivity contribution in [2.45, 2.75) is 5.75 Å². The number of hydrogen-bond donors (Lipinski definition) is 0. The summed E-state index contributed by atoms with van der Waals surface area (Å²) in [6.07, 6.45) is 4.54. The first kappa shape index (κ1) is 12.8. The summed E-state index contributed by atoms with van der Waals surface area (Å²) in [6, 6.07) is 11.4. The molecule has 3 aromatic rings. The highest BCUT2D eigenvalue weighted by molar-refractivity contribution is 7.89. The van der Waals surface area contributed by atoms with Crippen molar-refractivity contribution in [1.82, 2.24) is 14.6 Å². The van der Waals surface area contributed by atoms with E-state index < -0.39 is 9.84 Å². The smallest absolute Gasteiger partial charge is 0.151 e. The first-order chi connectivity index (χ1) is 9.53. The van der Waals surface area contributed by atoms with Gasteiger partial charge in [0.05, 0.1) is 28.9 Å². The van der Waals surface area contributed by atoms with Crippen molar-refractivity contribution < 1.29 is 8.42 Å². The Morgan fingerprint density at radius 2 is 2.00 bits per heavy atom. The molecule has 0 atom stereocenters. The second-order valence-electron chi connectivity index (χ2n) is 4.70. The Labute approximate surface area is 116 Å². The lowest BCUT2D eigenvalue weighted by Gasteiger charge is -2.05. The highest BCUT2D eigenvalue weighted by Gasteiger charge is 2.08. The first-order valence-electron chi connectivity index (χ1n) is 6.09. The molecule has 3 heterocycles. The number of fused-ring (bicyclic) bond motifs is 1. The molecule has 0 amide bonds. The maximum atomic E-state index is 11.3. The fourth-order valence-corrected chi connectivity index (χ4v) is 2.88. The molecule has 0 spiro atoms. The van der Waals surface area contributed by atoms with Crippen molar-refractivity contribution in [3.63, 3.8) is 0 Å². The Kier molecular flexibility index (Phi) is 3.02. The molecule has 0 saturated heterocycles. The normalized spacial score (nSPS) is 11.8. The summed E-state index contributed by atoms with van der Waals surface area (Å²) in [5.41, 5.74) is 3.31. The van der Waals surface area contributed by atoms with Crippen molar-refractivity contribution in [3.05, 3.63) is 54.4 Å². The van der Waals surface area contributed by atoms with Crippen molar-refractivity contribution in [1.29, 1.82) is 0 Å². The van der Waals surface area contributed by atoms with Crippen molar-refractivity contribution in [3.8, 4) is 11.4 Å². The van der Waals surface area contributed by atoms with E-state index in [4.69, 9.17) is 0 Å². The highest BCUT2D eigenvalue weighted by atomic mass is 32.2. The molecule has 102 valence electrons.